The molecule has 6 heteroatoms. The van der Waals surface area contributed by atoms with Gasteiger partial charge in [0.1, 0.15) is 0 Å². The van der Waals surface area contributed by atoms with E-state index in [0.717, 1.165) is 43.1 Å². The molecule has 5 nitrogen and oxygen atoms in total. The second-order valence-corrected chi connectivity index (χ2v) is 6.72. The highest BCUT2D eigenvalue weighted by Crippen LogP contribution is 2.23. The van der Waals surface area contributed by atoms with E-state index in [0.29, 0.717) is 12.3 Å². The average Bonchev–Trinajstić information content (AvgIpc) is 2.95. The third-order valence-corrected chi connectivity index (χ3v) is 4.92. The minimum atomic E-state index is -0.0483. The van der Waals surface area contributed by atoms with Crippen LogP contribution in [0.25, 0.3) is 0 Å². The van der Waals surface area contributed by atoms with Crippen LogP contribution in [0.5, 0.6) is 0 Å². The first-order valence-electron chi connectivity index (χ1n) is 8.33. The molecule has 1 saturated heterocycles. The van der Waals surface area contributed by atoms with Crippen LogP contribution < -0.4 is 5.32 Å². The molecule has 0 aliphatic carbocycles. The summed E-state index contributed by atoms with van der Waals surface area (Å²) in [5.74, 6) is 0.361. The Labute approximate surface area is 146 Å². The summed E-state index contributed by atoms with van der Waals surface area (Å²) in [7, 11) is 0. The molecular weight excluding hydrogens is 322 g/mol. The van der Waals surface area contributed by atoms with Crippen LogP contribution in [0, 0.1) is 0 Å². The molecule has 0 aromatic carbocycles. The van der Waals surface area contributed by atoms with Crippen molar-refractivity contribution in [1.82, 2.24) is 15.2 Å². The quantitative estimate of drug-likeness (QED) is 0.844. The molecule has 128 valence electrons. The lowest BCUT2D eigenvalue weighted by atomic mass is 10.1. The predicted molar refractivity (Wildman–Crippen MR) is 95.1 cm³/mol. The van der Waals surface area contributed by atoms with Crippen LogP contribution >= 0.6 is 11.8 Å². The van der Waals surface area contributed by atoms with Crippen LogP contribution in [-0.4, -0.2) is 41.2 Å². The molecule has 0 spiro atoms. The summed E-state index contributed by atoms with van der Waals surface area (Å²) >= 11 is 1.50. The highest BCUT2D eigenvalue weighted by atomic mass is 32.2. The SMILES string of the molecule is CSc1ccc(C(=O)N(Cc2ccccn2)C2CCCNCC2)o1. The van der Waals surface area contributed by atoms with E-state index in [2.05, 4.69) is 10.3 Å². The summed E-state index contributed by atoms with van der Waals surface area (Å²) in [6, 6.07) is 9.64. The van der Waals surface area contributed by atoms with Gasteiger partial charge in [0.25, 0.3) is 5.91 Å². The maximum Gasteiger partial charge on any atom is 0.290 e. The van der Waals surface area contributed by atoms with Gasteiger partial charge in [0.15, 0.2) is 10.9 Å². The number of nitrogens with zero attached hydrogens (tertiary/aromatic N) is 2. The number of thioether (sulfide) groups is 1. The molecule has 1 fully saturated rings. The molecule has 2 aromatic heterocycles. The van der Waals surface area contributed by atoms with Crippen molar-refractivity contribution in [2.45, 2.75) is 36.9 Å². The molecule has 0 saturated carbocycles. The Hall–Kier alpha value is -1.79. The van der Waals surface area contributed by atoms with Gasteiger partial charge in [-0.3, -0.25) is 9.78 Å². The second kappa shape index (κ2) is 8.35. The zero-order valence-corrected chi connectivity index (χ0v) is 14.7. The number of nitrogens with one attached hydrogen (secondary N) is 1. The van der Waals surface area contributed by atoms with Gasteiger partial charge < -0.3 is 14.6 Å². The van der Waals surface area contributed by atoms with Gasteiger partial charge in [0.2, 0.25) is 0 Å². The van der Waals surface area contributed by atoms with E-state index in [1.165, 1.54) is 11.8 Å². The van der Waals surface area contributed by atoms with Crippen LogP contribution in [0.3, 0.4) is 0 Å². The molecule has 0 radical (unpaired) electrons. The highest BCUT2D eigenvalue weighted by molar-refractivity contribution is 7.98. The van der Waals surface area contributed by atoms with E-state index in [9.17, 15) is 4.79 Å². The first-order valence-corrected chi connectivity index (χ1v) is 9.56. The largest absolute Gasteiger partial charge is 0.445 e. The second-order valence-electron chi connectivity index (χ2n) is 5.91. The van der Waals surface area contributed by atoms with E-state index in [1.54, 1.807) is 12.3 Å². The third kappa shape index (κ3) is 4.19. The van der Waals surface area contributed by atoms with Gasteiger partial charge in [0, 0.05) is 12.2 Å². The number of amides is 1. The van der Waals surface area contributed by atoms with Gasteiger partial charge in [-0.1, -0.05) is 17.8 Å². The van der Waals surface area contributed by atoms with Gasteiger partial charge in [0.05, 0.1) is 12.2 Å². The van der Waals surface area contributed by atoms with E-state index in [-0.39, 0.29) is 11.9 Å². The van der Waals surface area contributed by atoms with Crippen molar-refractivity contribution in [3.05, 3.63) is 48.0 Å². The van der Waals surface area contributed by atoms with Crippen molar-refractivity contribution in [3.63, 3.8) is 0 Å². The first-order chi connectivity index (χ1) is 11.8. The van der Waals surface area contributed by atoms with Gasteiger partial charge in [-0.15, -0.1) is 0 Å². The summed E-state index contributed by atoms with van der Waals surface area (Å²) in [6.07, 6.45) is 6.74. The third-order valence-electron chi connectivity index (χ3n) is 4.30. The lowest BCUT2D eigenvalue weighted by molar-refractivity contribution is 0.0604. The molecule has 1 unspecified atom stereocenters. The molecule has 1 amide bonds. The summed E-state index contributed by atoms with van der Waals surface area (Å²) in [5, 5.41) is 4.17. The number of pyridine rings is 1. The maximum absolute atomic E-state index is 13.1. The molecule has 1 atom stereocenters. The van der Waals surface area contributed by atoms with Crippen LogP contribution in [0.1, 0.15) is 35.5 Å². The van der Waals surface area contributed by atoms with Crippen LogP contribution in [0.2, 0.25) is 0 Å². The molecule has 24 heavy (non-hydrogen) atoms. The van der Waals surface area contributed by atoms with Gasteiger partial charge in [-0.25, -0.2) is 0 Å². The number of hydrogen-bond donors (Lipinski definition) is 1. The van der Waals surface area contributed by atoms with Crippen LogP contribution in [0.4, 0.5) is 0 Å². The molecule has 0 bridgehead atoms. The van der Waals surface area contributed by atoms with E-state index in [1.807, 2.05) is 35.4 Å². The fourth-order valence-electron chi connectivity index (χ4n) is 3.03. The molecule has 1 aliphatic rings. The number of carbonyl (C=O) groups excluding carboxylic acids is 1. The monoisotopic (exact) mass is 345 g/mol. The first kappa shape index (κ1) is 17.0. The van der Waals surface area contributed by atoms with E-state index < -0.39 is 0 Å². The number of aromatic nitrogens is 1. The van der Waals surface area contributed by atoms with Crippen molar-refractivity contribution in [1.29, 1.82) is 0 Å². The van der Waals surface area contributed by atoms with Gasteiger partial charge >= 0.3 is 0 Å². The van der Waals surface area contributed by atoms with Crippen LogP contribution in [-0.2, 0) is 6.54 Å². The smallest absolute Gasteiger partial charge is 0.290 e. The predicted octanol–water partition coefficient (Wildman–Crippen LogP) is 3.18. The lowest BCUT2D eigenvalue weighted by Crippen LogP contribution is -2.40. The van der Waals surface area contributed by atoms with Gasteiger partial charge in [-0.2, -0.15) is 0 Å². The van der Waals surface area contributed by atoms with Crippen molar-refractivity contribution >= 4 is 17.7 Å². The summed E-state index contributed by atoms with van der Waals surface area (Å²) in [6.45, 7) is 2.46. The topological polar surface area (TPSA) is 58.4 Å². The van der Waals surface area contributed by atoms with Gasteiger partial charge in [-0.05, 0) is 62.9 Å². The fraction of sp³-hybridized carbons (Fsp3) is 0.444. The Morgan fingerprint density at radius 3 is 3.00 bits per heavy atom. The Bertz CT molecular complexity index is 651. The number of furan rings is 1. The standard InChI is InChI=1S/C18H23N3O2S/c1-24-17-8-7-16(23-17)18(22)21(13-14-5-2-3-11-20-14)15-6-4-10-19-12-9-15/h2-3,5,7-8,11,15,19H,4,6,9-10,12-13H2,1H3. The lowest BCUT2D eigenvalue weighted by Gasteiger charge is -2.30. The number of carbonyl (C=O) groups is 1. The van der Waals surface area contributed by atoms with Crippen molar-refractivity contribution in [2.24, 2.45) is 0 Å². The number of hydrogen-bond acceptors (Lipinski definition) is 5. The highest BCUT2D eigenvalue weighted by Gasteiger charge is 2.28. The molecule has 1 N–H and O–H groups in total. The zero-order valence-electron chi connectivity index (χ0n) is 13.9. The minimum absolute atomic E-state index is 0.0483. The van der Waals surface area contributed by atoms with Crippen molar-refractivity contribution < 1.29 is 9.21 Å². The van der Waals surface area contributed by atoms with Crippen LogP contribution in [0.15, 0.2) is 46.0 Å². The Balaban J connectivity index is 1.83. The molecule has 3 heterocycles. The summed E-state index contributed by atoms with van der Waals surface area (Å²) < 4.78 is 5.67. The Kier molecular flexibility index (Phi) is 5.93. The fourth-order valence-corrected chi connectivity index (χ4v) is 3.41. The minimum Gasteiger partial charge on any atom is -0.445 e. The van der Waals surface area contributed by atoms with E-state index >= 15 is 0 Å². The molecule has 3 rings (SSSR count). The normalized spacial score (nSPS) is 18.1. The molecular formula is C18H23N3O2S. The summed E-state index contributed by atoms with van der Waals surface area (Å²) in [5.41, 5.74) is 0.903. The van der Waals surface area contributed by atoms with Crippen molar-refractivity contribution in [2.75, 3.05) is 19.3 Å². The zero-order chi connectivity index (χ0) is 16.8. The summed E-state index contributed by atoms with van der Waals surface area (Å²) in [4.78, 5) is 19.4. The van der Waals surface area contributed by atoms with Crippen molar-refractivity contribution in [3.8, 4) is 0 Å². The molecule has 1 aliphatic heterocycles. The Morgan fingerprint density at radius 2 is 2.25 bits per heavy atom. The van der Waals surface area contributed by atoms with E-state index in [4.69, 9.17) is 4.42 Å². The maximum atomic E-state index is 13.1. The molecule has 2 aromatic rings. The Morgan fingerprint density at radius 1 is 1.33 bits per heavy atom. The number of rotatable bonds is 5. The average molecular weight is 345 g/mol.